The third kappa shape index (κ3) is 3.82. The van der Waals surface area contributed by atoms with Crippen LogP contribution in [0.1, 0.15) is 63.8 Å². The minimum absolute atomic E-state index is 0.515. The van der Waals surface area contributed by atoms with E-state index in [0.717, 1.165) is 0 Å². The van der Waals surface area contributed by atoms with E-state index in [4.69, 9.17) is 0 Å². The lowest BCUT2D eigenvalue weighted by molar-refractivity contribution is 0.308. The second-order valence-corrected chi connectivity index (χ2v) is 7.18. The largest absolute Gasteiger partial charge is 0.307 e. The van der Waals surface area contributed by atoms with E-state index in [1.807, 2.05) is 11.3 Å². The van der Waals surface area contributed by atoms with Gasteiger partial charge in [-0.15, -0.1) is 11.3 Å². The molecule has 1 aliphatic carbocycles. The fourth-order valence-electron chi connectivity index (χ4n) is 2.80. The minimum Gasteiger partial charge on any atom is -0.307 e. The first-order valence-corrected chi connectivity index (χ1v) is 7.74. The maximum absolute atomic E-state index is 3.81. The lowest BCUT2D eigenvalue weighted by Gasteiger charge is -2.23. The van der Waals surface area contributed by atoms with Crippen molar-refractivity contribution in [2.75, 3.05) is 0 Å². The Balaban J connectivity index is 1.87. The Morgan fingerprint density at radius 3 is 2.88 bits per heavy atom. The molecule has 2 atom stereocenters. The van der Waals surface area contributed by atoms with Gasteiger partial charge in [0, 0.05) is 17.0 Å². The molecule has 17 heavy (non-hydrogen) atoms. The predicted molar refractivity (Wildman–Crippen MR) is 76.5 cm³/mol. The Kier molecular flexibility index (Phi) is 4.26. The third-order valence-corrected chi connectivity index (χ3v) is 5.09. The molecule has 2 heteroatoms. The molecule has 1 nitrogen and oxygen atoms in total. The minimum atomic E-state index is 0.515. The number of hydrogen-bond acceptors (Lipinski definition) is 2. The average Bonchev–Trinajstić information content (AvgIpc) is 2.73. The second kappa shape index (κ2) is 5.53. The molecule has 0 spiro atoms. The highest BCUT2D eigenvalue weighted by Crippen LogP contribution is 2.34. The molecule has 0 radical (unpaired) electrons. The van der Waals surface area contributed by atoms with Crippen LogP contribution in [0.3, 0.4) is 0 Å². The number of hydrogen-bond donors (Lipinski definition) is 1. The molecule has 1 fully saturated rings. The van der Waals surface area contributed by atoms with Crippen LogP contribution < -0.4 is 5.32 Å². The van der Waals surface area contributed by atoms with E-state index in [2.05, 4.69) is 43.6 Å². The number of nitrogens with one attached hydrogen (secondary N) is 1. The van der Waals surface area contributed by atoms with Gasteiger partial charge in [0.2, 0.25) is 0 Å². The molecule has 96 valence electrons. The molecule has 1 aliphatic rings. The van der Waals surface area contributed by atoms with Gasteiger partial charge in [-0.1, -0.05) is 26.3 Å². The van der Waals surface area contributed by atoms with Crippen molar-refractivity contribution in [3.63, 3.8) is 0 Å². The summed E-state index contributed by atoms with van der Waals surface area (Å²) < 4.78 is 0. The summed E-state index contributed by atoms with van der Waals surface area (Å²) in [5.41, 5.74) is 0.558. The fraction of sp³-hybridized carbons (Fsp3) is 0.733. The topological polar surface area (TPSA) is 12.0 Å². The Bertz CT molecular complexity index is 329. The van der Waals surface area contributed by atoms with Gasteiger partial charge in [0.05, 0.1) is 0 Å². The summed E-state index contributed by atoms with van der Waals surface area (Å²) in [5, 5.41) is 5.98. The summed E-state index contributed by atoms with van der Waals surface area (Å²) in [5.74, 6) is 0. The maximum atomic E-state index is 3.81. The van der Waals surface area contributed by atoms with Crippen molar-refractivity contribution in [3.05, 3.63) is 22.4 Å². The van der Waals surface area contributed by atoms with Crippen molar-refractivity contribution in [3.8, 4) is 0 Å². The lowest BCUT2D eigenvalue weighted by Crippen LogP contribution is -2.30. The second-order valence-electron chi connectivity index (χ2n) is 6.20. The van der Waals surface area contributed by atoms with E-state index in [9.17, 15) is 0 Å². The van der Waals surface area contributed by atoms with Crippen molar-refractivity contribution in [1.29, 1.82) is 0 Å². The van der Waals surface area contributed by atoms with Crippen LogP contribution in [-0.4, -0.2) is 6.04 Å². The SMILES string of the molecule is CC(NC1CCCC(C)(C)CC1)c1cccs1. The molecule has 0 saturated heterocycles. The van der Waals surface area contributed by atoms with Crippen LogP contribution in [0.2, 0.25) is 0 Å². The van der Waals surface area contributed by atoms with Crippen LogP contribution in [0, 0.1) is 5.41 Å². The molecule has 0 aromatic carbocycles. The van der Waals surface area contributed by atoms with Crippen LogP contribution in [0.5, 0.6) is 0 Å². The van der Waals surface area contributed by atoms with Crippen molar-refractivity contribution < 1.29 is 0 Å². The van der Waals surface area contributed by atoms with Gasteiger partial charge in [0.25, 0.3) is 0 Å². The average molecular weight is 251 g/mol. The molecule has 2 rings (SSSR count). The fourth-order valence-corrected chi connectivity index (χ4v) is 3.54. The summed E-state index contributed by atoms with van der Waals surface area (Å²) in [7, 11) is 0. The zero-order chi connectivity index (χ0) is 12.3. The van der Waals surface area contributed by atoms with E-state index < -0.39 is 0 Å². The van der Waals surface area contributed by atoms with Gasteiger partial charge in [-0.25, -0.2) is 0 Å². The molecule has 1 aromatic rings. The molecular formula is C15H25NS. The van der Waals surface area contributed by atoms with E-state index in [1.165, 1.54) is 37.0 Å². The zero-order valence-corrected chi connectivity index (χ0v) is 12.1. The first-order valence-electron chi connectivity index (χ1n) is 6.86. The van der Waals surface area contributed by atoms with Gasteiger partial charge in [-0.3, -0.25) is 0 Å². The summed E-state index contributed by atoms with van der Waals surface area (Å²) in [6.45, 7) is 7.12. The number of rotatable bonds is 3. The smallest absolute Gasteiger partial charge is 0.0388 e. The van der Waals surface area contributed by atoms with Crippen LogP contribution in [0.15, 0.2) is 17.5 Å². The molecule has 1 heterocycles. The normalized spacial score (nSPS) is 26.4. The molecule has 0 bridgehead atoms. The van der Waals surface area contributed by atoms with Crippen LogP contribution in [0.25, 0.3) is 0 Å². The van der Waals surface area contributed by atoms with Crippen molar-refractivity contribution in [1.82, 2.24) is 5.32 Å². The molecule has 1 aromatic heterocycles. The Morgan fingerprint density at radius 1 is 1.35 bits per heavy atom. The molecule has 0 amide bonds. The quantitative estimate of drug-likeness (QED) is 0.764. The molecule has 2 unspecified atom stereocenters. The highest BCUT2D eigenvalue weighted by molar-refractivity contribution is 7.10. The first kappa shape index (κ1) is 13.1. The first-order chi connectivity index (χ1) is 8.07. The van der Waals surface area contributed by atoms with Gasteiger partial charge in [-0.05, 0) is 49.5 Å². The van der Waals surface area contributed by atoms with Gasteiger partial charge in [0.1, 0.15) is 0 Å². The Hall–Kier alpha value is -0.340. The Morgan fingerprint density at radius 2 is 2.18 bits per heavy atom. The standard InChI is InChI=1S/C15H25NS/c1-12(14-7-5-11-17-14)16-13-6-4-9-15(2,3)10-8-13/h5,7,11-13,16H,4,6,8-10H2,1-3H3. The molecule has 0 aliphatic heterocycles. The summed E-state index contributed by atoms with van der Waals surface area (Å²) in [6, 6.07) is 5.62. The van der Waals surface area contributed by atoms with Crippen molar-refractivity contribution in [2.24, 2.45) is 5.41 Å². The van der Waals surface area contributed by atoms with Crippen LogP contribution in [0.4, 0.5) is 0 Å². The highest BCUT2D eigenvalue weighted by Gasteiger charge is 2.25. The third-order valence-electron chi connectivity index (χ3n) is 4.03. The maximum Gasteiger partial charge on any atom is 0.0388 e. The van der Waals surface area contributed by atoms with E-state index in [1.54, 1.807) is 0 Å². The van der Waals surface area contributed by atoms with Gasteiger partial charge in [-0.2, -0.15) is 0 Å². The summed E-state index contributed by atoms with van der Waals surface area (Å²) in [4.78, 5) is 1.47. The van der Waals surface area contributed by atoms with E-state index in [0.29, 0.717) is 17.5 Å². The Labute approximate surface area is 110 Å². The van der Waals surface area contributed by atoms with E-state index in [-0.39, 0.29) is 0 Å². The number of thiophene rings is 1. The predicted octanol–water partition coefficient (Wildman–Crippen LogP) is 4.76. The monoisotopic (exact) mass is 251 g/mol. The van der Waals surface area contributed by atoms with Crippen molar-refractivity contribution >= 4 is 11.3 Å². The lowest BCUT2D eigenvalue weighted by atomic mass is 9.85. The van der Waals surface area contributed by atoms with Crippen LogP contribution >= 0.6 is 11.3 Å². The highest BCUT2D eigenvalue weighted by atomic mass is 32.1. The molecule has 1 saturated carbocycles. The molecular weight excluding hydrogens is 226 g/mol. The molecule has 1 N–H and O–H groups in total. The zero-order valence-electron chi connectivity index (χ0n) is 11.3. The van der Waals surface area contributed by atoms with Crippen molar-refractivity contribution in [2.45, 2.75) is 65.0 Å². The van der Waals surface area contributed by atoms with Gasteiger partial charge in [0.15, 0.2) is 0 Å². The summed E-state index contributed by atoms with van der Waals surface area (Å²) in [6.07, 6.45) is 6.81. The van der Waals surface area contributed by atoms with Gasteiger partial charge >= 0.3 is 0 Å². The van der Waals surface area contributed by atoms with Crippen LogP contribution in [-0.2, 0) is 0 Å². The summed E-state index contributed by atoms with van der Waals surface area (Å²) >= 11 is 1.86. The van der Waals surface area contributed by atoms with E-state index >= 15 is 0 Å². The van der Waals surface area contributed by atoms with Gasteiger partial charge < -0.3 is 5.32 Å².